The normalized spacial score (nSPS) is 22.1. The van der Waals surface area contributed by atoms with Gasteiger partial charge >= 0.3 is 12.0 Å². The van der Waals surface area contributed by atoms with E-state index >= 15 is 0 Å². The van der Waals surface area contributed by atoms with Crippen LogP contribution in [-0.2, 0) is 4.79 Å². The number of nitrogens with one attached hydrogen (secondary N) is 1. The second-order valence-electron chi connectivity index (χ2n) is 5.52. The molecule has 1 heterocycles. The Morgan fingerprint density at radius 2 is 2.05 bits per heavy atom. The predicted molar refractivity (Wildman–Crippen MR) is 77.8 cm³/mol. The third-order valence-electron chi connectivity index (χ3n) is 3.88. The maximum Gasteiger partial charge on any atom is 0.317 e. The number of carbonyl (C=O) groups is 2. The second-order valence-corrected chi connectivity index (χ2v) is 5.52. The molecule has 0 radical (unpaired) electrons. The third kappa shape index (κ3) is 5.00. The van der Waals surface area contributed by atoms with E-state index in [4.69, 9.17) is 5.11 Å². The molecule has 6 heteroatoms. The summed E-state index contributed by atoms with van der Waals surface area (Å²) < 4.78 is 0. The minimum absolute atomic E-state index is 0.0211. The zero-order valence-corrected chi connectivity index (χ0v) is 12.8. The number of aliphatic carboxylic acids is 1. The Balaban J connectivity index is 2.65. The van der Waals surface area contributed by atoms with Crippen molar-refractivity contribution in [3.63, 3.8) is 0 Å². The van der Waals surface area contributed by atoms with Crippen molar-refractivity contribution in [2.75, 3.05) is 26.7 Å². The van der Waals surface area contributed by atoms with Crippen molar-refractivity contribution < 1.29 is 14.7 Å². The van der Waals surface area contributed by atoms with Crippen LogP contribution in [0.1, 0.15) is 39.5 Å². The maximum absolute atomic E-state index is 12.4. The summed E-state index contributed by atoms with van der Waals surface area (Å²) in [5, 5.41) is 11.7. The Bertz CT molecular complexity index is 336. The molecule has 2 amide bonds. The van der Waals surface area contributed by atoms with Gasteiger partial charge in [-0.1, -0.05) is 13.8 Å². The Kier molecular flexibility index (Phi) is 6.78. The number of carboxylic acids is 1. The predicted octanol–water partition coefficient (Wildman–Crippen LogP) is 1.37. The summed E-state index contributed by atoms with van der Waals surface area (Å²) in [6, 6.07) is -0.219. The second kappa shape index (κ2) is 8.09. The highest BCUT2D eigenvalue weighted by Crippen LogP contribution is 2.13. The summed E-state index contributed by atoms with van der Waals surface area (Å²) in [7, 11) is 2.07. The maximum atomic E-state index is 12.4. The van der Waals surface area contributed by atoms with Crippen LogP contribution in [0.15, 0.2) is 0 Å². The average Bonchev–Trinajstić information content (AvgIpc) is 2.58. The van der Waals surface area contributed by atoms with Crippen molar-refractivity contribution in [3.8, 4) is 0 Å². The van der Waals surface area contributed by atoms with Crippen LogP contribution in [0.5, 0.6) is 0 Å². The van der Waals surface area contributed by atoms with Gasteiger partial charge in [-0.05, 0) is 32.9 Å². The fourth-order valence-electron chi connectivity index (χ4n) is 2.63. The molecular formula is C14H27N3O3. The largest absolute Gasteiger partial charge is 0.481 e. The van der Waals surface area contributed by atoms with Crippen LogP contribution < -0.4 is 5.32 Å². The van der Waals surface area contributed by atoms with Gasteiger partial charge in [-0.2, -0.15) is 0 Å². The lowest BCUT2D eigenvalue weighted by molar-refractivity contribution is -0.137. The Morgan fingerprint density at radius 1 is 1.35 bits per heavy atom. The van der Waals surface area contributed by atoms with Crippen molar-refractivity contribution >= 4 is 12.0 Å². The fourth-order valence-corrected chi connectivity index (χ4v) is 2.63. The minimum atomic E-state index is -0.875. The topological polar surface area (TPSA) is 72.9 Å². The van der Waals surface area contributed by atoms with Crippen molar-refractivity contribution in [3.05, 3.63) is 0 Å². The summed E-state index contributed by atoms with van der Waals surface area (Å²) in [6.45, 7) is 6.57. The molecule has 0 saturated carbocycles. The van der Waals surface area contributed by atoms with E-state index < -0.39 is 5.97 Å². The van der Waals surface area contributed by atoms with Gasteiger partial charge in [-0.15, -0.1) is 0 Å². The van der Waals surface area contributed by atoms with Gasteiger partial charge in [-0.25, -0.2) is 4.79 Å². The van der Waals surface area contributed by atoms with Crippen molar-refractivity contribution in [2.45, 2.75) is 51.6 Å². The molecule has 6 nitrogen and oxygen atoms in total. The van der Waals surface area contributed by atoms with Crippen LogP contribution in [0, 0.1) is 0 Å². The molecule has 2 atom stereocenters. The molecule has 1 saturated heterocycles. The molecule has 0 aromatic carbocycles. The quantitative estimate of drug-likeness (QED) is 0.800. The first-order valence-corrected chi connectivity index (χ1v) is 7.45. The SMILES string of the molecule is CCC(CC(=O)O)NC(=O)N1CCCN(C)CC1CC. The van der Waals surface area contributed by atoms with Crippen molar-refractivity contribution in [1.82, 2.24) is 15.1 Å². The van der Waals surface area contributed by atoms with Gasteiger partial charge in [0.25, 0.3) is 0 Å². The molecular weight excluding hydrogens is 258 g/mol. The molecule has 20 heavy (non-hydrogen) atoms. The first-order chi connectivity index (χ1) is 9.47. The number of amides is 2. The number of carbonyl (C=O) groups excluding carboxylic acids is 1. The van der Waals surface area contributed by atoms with Crippen LogP contribution >= 0.6 is 0 Å². The van der Waals surface area contributed by atoms with Crippen LogP contribution in [0.3, 0.4) is 0 Å². The summed E-state index contributed by atoms with van der Waals surface area (Å²) in [5.74, 6) is -0.875. The van der Waals surface area contributed by atoms with E-state index in [-0.39, 0.29) is 24.5 Å². The molecule has 0 aliphatic carbocycles. The van der Waals surface area contributed by atoms with Gasteiger partial charge in [-0.3, -0.25) is 4.79 Å². The molecule has 2 N–H and O–H groups in total. The highest BCUT2D eigenvalue weighted by Gasteiger charge is 2.27. The highest BCUT2D eigenvalue weighted by molar-refractivity contribution is 5.76. The molecule has 1 aliphatic rings. The lowest BCUT2D eigenvalue weighted by Crippen LogP contribution is -2.51. The van der Waals surface area contributed by atoms with Crippen LogP contribution in [0.4, 0.5) is 4.79 Å². The number of rotatable bonds is 5. The van der Waals surface area contributed by atoms with E-state index in [1.807, 2.05) is 11.8 Å². The standard InChI is InChI=1S/C14H27N3O3/c1-4-11(9-13(18)19)15-14(20)17-8-6-7-16(3)10-12(17)5-2/h11-12H,4-10H2,1-3H3,(H,15,20)(H,18,19). The zero-order chi connectivity index (χ0) is 15.1. The van der Waals surface area contributed by atoms with Gasteiger partial charge in [0.15, 0.2) is 0 Å². The molecule has 1 fully saturated rings. The first kappa shape index (κ1) is 16.8. The number of carboxylic acid groups (broad SMARTS) is 1. The summed E-state index contributed by atoms with van der Waals surface area (Å²) in [5.41, 5.74) is 0. The zero-order valence-electron chi connectivity index (χ0n) is 12.8. The lowest BCUT2D eigenvalue weighted by Gasteiger charge is -2.31. The molecule has 0 aromatic rings. The van der Waals surface area contributed by atoms with Crippen molar-refractivity contribution in [1.29, 1.82) is 0 Å². The van der Waals surface area contributed by atoms with Crippen molar-refractivity contribution in [2.24, 2.45) is 0 Å². The number of hydrogen-bond donors (Lipinski definition) is 2. The molecule has 0 aromatic heterocycles. The van der Waals surface area contributed by atoms with Crippen LogP contribution in [0.25, 0.3) is 0 Å². The third-order valence-corrected chi connectivity index (χ3v) is 3.88. The Morgan fingerprint density at radius 3 is 2.60 bits per heavy atom. The van der Waals surface area contributed by atoms with E-state index in [0.717, 1.165) is 32.5 Å². The fraction of sp³-hybridized carbons (Fsp3) is 0.857. The molecule has 116 valence electrons. The molecule has 1 rings (SSSR count). The Labute approximate surface area is 121 Å². The number of likely N-dealkylation sites (N-methyl/N-ethyl adjacent to an activating group) is 1. The molecule has 0 bridgehead atoms. The average molecular weight is 285 g/mol. The number of nitrogens with zero attached hydrogens (tertiary/aromatic N) is 2. The van der Waals surface area contributed by atoms with Crippen LogP contribution in [0.2, 0.25) is 0 Å². The van der Waals surface area contributed by atoms with E-state index in [1.165, 1.54) is 0 Å². The summed E-state index contributed by atoms with van der Waals surface area (Å²) in [6.07, 6.45) is 2.47. The van der Waals surface area contributed by atoms with Gasteiger partial charge in [0.05, 0.1) is 6.42 Å². The van der Waals surface area contributed by atoms with E-state index in [9.17, 15) is 9.59 Å². The van der Waals surface area contributed by atoms with E-state index in [2.05, 4.69) is 24.2 Å². The van der Waals surface area contributed by atoms with Gasteiger partial charge < -0.3 is 20.2 Å². The van der Waals surface area contributed by atoms with Gasteiger partial charge in [0.2, 0.25) is 0 Å². The molecule has 0 spiro atoms. The summed E-state index contributed by atoms with van der Waals surface area (Å²) >= 11 is 0. The van der Waals surface area contributed by atoms with E-state index in [1.54, 1.807) is 0 Å². The summed E-state index contributed by atoms with van der Waals surface area (Å²) in [4.78, 5) is 27.3. The minimum Gasteiger partial charge on any atom is -0.481 e. The van der Waals surface area contributed by atoms with Gasteiger partial charge in [0, 0.05) is 25.2 Å². The molecule has 2 unspecified atom stereocenters. The van der Waals surface area contributed by atoms with E-state index in [0.29, 0.717) is 6.42 Å². The highest BCUT2D eigenvalue weighted by atomic mass is 16.4. The first-order valence-electron chi connectivity index (χ1n) is 7.45. The van der Waals surface area contributed by atoms with Crippen LogP contribution in [-0.4, -0.2) is 65.7 Å². The smallest absolute Gasteiger partial charge is 0.317 e. The number of hydrogen-bond acceptors (Lipinski definition) is 3. The molecule has 1 aliphatic heterocycles. The monoisotopic (exact) mass is 285 g/mol. The van der Waals surface area contributed by atoms with Gasteiger partial charge in [0.1, 0.15) is 0 Å². The lowest BCUT2D eigenvalue weighted by atomic mass is 10.1. The Hall–Kier alpha value is -1.30. The number of urea groups is 1.